The van der Waals surface area contributed by atoms with Crippen LogP contribution in [0.5, 0.6) is 5.75 Å². The fraction of sp³-hybridized carbons (Fsp3) is 0.400. The number of methoxy groups -OCH3 is 1. The summed E-state index contributed by atoms with van der Waals surface area (Å²) in [5, 5.41) is 15.4. The van der Waals surface area contributed by atoms with Crippen LogP contribution in [0.3, 0.4) is 0 Å². The first-order valence-corrected chi connectivity index (χ1v) is 14.2. The van der Waals surface area contributed by atoms with Crippen LogP contribution in [-0.2, 0) is 30.8 Å². The summed E-state index contributed by atoms with van der Waals surface area (Å²) in [6, 6.07) is 11.7. The number of aromatic nitrogens is 2. The van der Waals surface area contributed by atoms with Crippen molar-refractivity contribution in [3.05, 3.63) is 80.6 Å². The van der Waals surface area contributed by atoms with Gasteiger partial charge < -0.3 is 24.4 Å². The lowest BCUT2D eigenvalue weighted by Gasteiger charge is -2.33. The highest BCUT2D eigenvalue weighted by atomic mass is 35.5. The Hall–Kier alpha value is -3.76. The number of halogens is 2. The number of fused-ring (bicyclic) bond motifs is 1. The first-order valence-electron chi connectivity index (χ1n) is 13.5. The number of hydrogen-bond acceptors (Lipinski definition) is 6. The maximum absolute atomic E-state index is 13.4. The molecule has 0 fully saturated rings. The summed E-state index contributed by atoms with van der Waals surface area (Å²) in [4.78, 5) is 42.1. The number of amides is 2. The van der Waals surface area contributed by atoms with Crippen molar-refractivity contribution in [1.82, 2.24) is 19.6 Å². The largest absolute Gasteiger partial charge is 0.497 e. The van der Waals surface area contributed by atoms with Crippen LogP contribution in [0, 0.1) is 0 Å². The normalized spacial score (nSPS) is 14.7. The molecule has 4 rings (SSSR count). The summed E-state index contributed by atoms with van der Waals surface area (Å²) in [5.41, 5.74) is 1.55. The van der Waals surface area contributed by atoms with Gasteiger partial charge in [0, 0.05) is 36.7 Å². The van der Waals surface area contributed by atoms with Crippen LogP contribution in [0.15, 0.2) is 42.5 Å². The number of nitrogens with zero attached hydrogens (tertiary/aromatic N) is 4. The zero-order chi connectivity index (χ0) is 30.8. The van der Waals surface area contributed by atoms with Crippen molar-refractivity contribution >= 4 is 41.2 Å². The number of ether oxygens (including phenoxy) is 2. The smallest absolute Gasteiger partial charge is 0.410 e. The maximum Gasteiger partial charge on any atom is 0.410 e. The van der Waals surface area contributed by atoms with Gasteiger partial charge in [-0.15, -0.1) is 0 Å². The molecule has 1 aliphatic rings. The molecule has 10 nitrogen and oxygen atoms in total. The zero-order valence-electron chi connectivity index (χ0n) is 24.2. The molecule has 12 heteroatoms. The first-order chi connectivity index (χ1) is 19.8. The Morgan fingerprint density at radius 1 is 1.10 bits per heavy atom. The van der Waals surface area contributed by atoms with Gasteiger partial charge in [0.25, 0.3) is 5.91 Å². The molecule has 0 saturated heterocycles. The first kappa shape index (κ1) is 31.2. The van der Waals surface area contributed by atoms with Crippen LogP contribution in [0.25, 0.3) is 0 Å². The molecule has 0 bridgehead atoms. The van der Waals surface area contributed by atoms with Gasteiger partial charge in [-0.2, -0.15) is 5.10 Å². The van der Waals surface area contributed by atoms with Gasteiger partial charge in [0.05, 0.1) is 35.9 Å². The van der Waals surface area contributed by atoms with Gasteiger partial charge in [0.1, 0.15) is 11.4 Å². The van der Waals surface area contributed by atoms with E-state index < -0.39 is 17.7 Å². The highest BCUT2D eigenvalue weighted by Gasteiger charge is 2.35. The second-order valence-corrected chi connectivity index (χ2v) is 12.0. The van der Waals surface area contributed by atoms with Gasteiger partial charge >= 0.3 is 12.1 Å². The SMILES string of the molecule is COc1ccc(CN(CCn2nc3c(c2C(=O)O)CN(C(=O)c2ccc(Cl)c(Cl)c2)[C@@H](C)C3)C(=O)OC(C)(C)C)cc1. The summed E-state index contributed by atoms with van der Waals surface area (Å²) in [6.45, 7) is 7.80. The molecule has 42 heavy (non-hydrogen) atoms. The van der Waals surface area contributed by atoms with E-state index in [-0.39, 0.29) is 48.8 Å². The second kappa shape index (κ2) is 12.6. The monoisotopic (exact) mass is 616 g/mol. The molecule has 0 aliphatic carbocycles. The van der Waals surface area contributed by atoms with E-state index >= 15 is 0 Å². The Labute approximate surface area is 254 Å². The molecule has 0 radical (unpaired) electrons. The Morgan fingerprint density at radius 3 is 2.38 bits per heavy atom. The van der Waals surface area contributed by atoms with Crippen molar-refractivity contribution in [3.8, 4) is 5.75 Å². The summed E-state index contributed by atoms with van der Waals surface area (Å²) in [7, 11) is 1.58. The summed E-state index contributed by atoms with van der Waals surface area (Å²) in [5.74, 6) is -0.762. The number of rotatable bonds is 8. The molecule has 1 aromatic heterocycles. The average Bonchev–Trinajstić information content (AvgIpc) is 3.28. The van der Waals surface area contributed by atoms with Gasteiger partial charge in [0.2, 0.25) is 0 Å². The van der Waals surface area contributed by atoms with Crippen molar-refractivity contribution in [2.75, 3.05) is 13.7 Å². The number of carboxylic acid groups (broad SMARTS) is 1. The average molecular weight is 618 g/mol. The molecule has 224 valence electrons. The predicted octanol–water partition coefficient (Wildman–Crippen LogP) is 5.92. The quantitative estimate of drug-likeness (QED) is 0.334. The number of aromatic carboxylic acids is 1. The summed E-state index contributed by atoms with van der Waals surface area (Å²) in [6.07, 6.45) is -0.156. The van der Waals surface area contributed by atoms with E-state index in [1.165, 1.54) is 15.6 Å². The lowest BCUT2D eigenvalue weighted by Crippen LogP contribution is -2.42. The van der Waals surface area contributed by atoms with E-state index in [0.717, 1.165) is 5.56 Å². The minimum absolute atomic E-state index is 0.0163. The molecular formula is C30H34Cl2N4O6. The Morgan fingerprint density at radius 2 is 1.79 bits per heavy atom. The third-order valence-electron chi connectivity index (χ3n) is 6.88. The van der Waals surface area contributed by atoms with E-state index in [9.17, 15) is 19.5 Å². The van der Waals surface area contributed by atoms with Crippen molar-refractivity contribution in [2.45, 2.75) is 65.4 Å². The van der Waals surface area contributed by atoms with Crippen LogP contribution in [-0.4, -0.2) is 68.0 Å². The minimum atomic E-state index is -1.17. The van der Waals surface area contributed by atoms with Gasteiger partial charge in [-0.3, -0.25) is 9.48 Å². The van der Waals surface area contributed by atoms with Gasteiger partial charge in [0.15, 0.2) is 5.69 Å². The fourth-order valence-electron chi connectivity index (χ4n) is 4.79. The molecule has 3 aromatic rings. The van der Waals surface area contributed by atoms with Crippen LogP contribution in [0.4, 0.5) is 4.79 Å². The second-order valence-electron chi connectivity index (χ2n) is 11.2. The lowest BCUT2D eigenvalue weighted by molar-refractivity contribution is 0.0225. The molecule has 2 aromatic carbocycles. The minimum Gasteiger partial charge on any atom is -0.497 e. The molecule has 1 N–H and O–H groups in total. The maximum atomic E-state index is 13.4. The summed E-state index contributed by atoms with van der Waals surface area (Å²) >= 11 is 12.1. The predicted molar refractivity (Wildman–Crippen MR) is 158 cm³/mol. The standard InChI is InChI=1S/C30H34Cl2N4O6/c1-18-14-25-22(17-35(18)27(37)20-8-11-23(31)24(32)15-20)26(28(38)39)36(33-25)13-12-34(29(40)42-30(2,3)4)16-19-6-9-21(41-5)10-7-19/h6-11,15,18H,12-14,16-17H2,1-5H3,(H,38,39)/t18-/m0/s1. The van der Waals surface area contributed by atoms with E-state index in [0.29, 0.717) is 34.0 Å². The molecular weight excluding hydrogens is 583 g/mol. The fourth-order valence-corrected chi connectivity index (χ4v) is 5.09. The number of carbonyl (C=O) groups excluding carboxylic acids is 2. The topological polar surface area (TPSA) is 114 Å². The van der Waals surface area contributed by atoms with E-state index in [2.05, 4.69) is 5.10 Å². The molecule has 0 saturated carbocycles. The molecule has 1 atom stereocenters. The van der Waals surface area contributed by atoms with Crippen molar-refractivity contribution in [1.29, 1.82) is 0 Å². The highest BCUT2D eigenvalue weighted by Crippen LogP contribution is 2.29. The van der Waals surface area contributed by atoms with Crippen LogP contribution in [0.2, 0.25) is 10.0 Å². The third kappa shape index (κ3) is 7.17. The molecule has 2 amide bonds. The van der Waals surface area contributed by atoms with Crippen LogP contribution < -0.4 is 4.74 Å². The Balaban J connectivity index is 1.58. The van der Waals surface area contributed by atoms with Crippen LogP contribution >= 0.6 is 23.2 Å². The third-order valence-corrected chi connectivity index (χ3v) is 7.62. The van der Waals surface area contributed by atoms with Crippen molar-refractivity contribution in [3.63, 3.8) is 0 Å². The van der Waals surface area contributed by atoms with Gasteiger partial charge in [-0.05, 0) is 63.6 Å². The van der Waals surface area contributed by atoms with Crippen molar-refractivity contribution < 1.29 is 29.0 Å². The molecule has 1 aliphatic heterocycles. The van der Waals surface area contributed by atoms with Crippen molar-refractivity contribution in [2.24, 2.45) is 0 Å². The van der Waals surface area contributed by atoms with E-state index in [4.69, 9.17) is 32.7 Å². The molecule has 0 unspecified atom stereocenters. The van der Waals surface area contributed by atoms with E-state index in [1.54, 1.807) is 57.0 Å². The Bertz CT molecular complexity index is 1480. The van der Waals surface area contributed by atoms with E-state index in [1.807, 2.05) is 19.1 Å². The van der Waals surface area contributed by atoms with Gasteiger partial charge in [-0.1, -0.05) is 35.3 Å². The molecule has 2 heterocycles. The number of benzene rings is 2. The Kier molecular flexibility index (Phi) is 9.37. The number of carboxylic acids is 1. The molecule has 0 spiro atoms. The van der Waals surface area contributed by atoms with Crippen LogP contribution in [0.1, 0.15) is 65.4 Å². The van der Waals surface area contributed by atoms with Gasteiger partial charge in [-0.25, -0.2) is 9.59 Å². The highest BCUT2D eigenvalue weighted by molar-refractivity contribution is 6.42. The summed E-state index contributed by atoms with van der Waals surface area (Å²) < 4.78 is 12.3. The zero-order valence-corrected chi connectivity index (χ0v) is 25.7. The number of carbonyl (C=O) groups is 3. The number of hydrogen-bond donors (Lipinski definition) is 1. The lowest BCUT2D eigenvalue weighted by atomic mass is 9.98.